The highest BCUT2D eigenvalue weighted by Gasteiger charge is 2.17. The molecule has 1 saturated carbocycles. The van der Waals surface area contributed by atoms with Crippen LogP contribution in [-0.4, -0.2) is 27.6 Å². The van der Waals surface area contributed by atoms with Crippen LogP contribution in [0, 0.1) is 0 Å². The van der Waals surface area contributed by atoms with Gasteiger partial charge in [0, 0.05) is 23.3 Å². The lowest BCUT2D eigenvalue weighted by Gasteiger charge is -2.11. The Bertz CT molecular complexity index is 792. The Kier molecular flexibility index (Phi) is 6.07. The number of aromatic nitrogens is 2. The Balaban J connectivity index is 1.48. The topological polar surface area (TPSA) is 76.0 Å². The van der Waals surface area contributed by atoms with Crippen LogP contribution in [0.5, 0.6) is 0 Å². The minimum Gasteiger partial charge on any atom is -0.352 e. The van der Waals surface area contributed by atoms with E-state index in [9.17, 15) is 9.59 Å². The number of halogens is 1. The van der Waals surface area contributed by atoms with Crippen molar-refractivity contribution >= 4 is 35.2 Å². The number of benzene rings is 1. The smallest absolute Gasteiger partial charge is 0.248 e. The second-order valence-corrected chi connectivity index (χ2v) is 6.79. The van der Waals surface area contributed by atoms with E-state index >= 15 is 0 Å². The Hall–Kier alpha value is -2.60. The Labute approximate surface area is 157 Å². The number of hydrogen-bond donors (Lipinski definition) is 2. The van der Waals surface area contributed by atoms with Gasteiger partial charge in [-0.3, -0.25) is 14.3 Å². The van der Waals surface area contributed by atoms with E-state index in [0.29, 0.717) is 10.7 Å². The molecule has 136 valence electrons. The normalized spacial score (nSPS) is 14.7. The third-order valence-electron chi connectivity index (χ3n) is 4.22. The molecular formula is C19H21ClN4O2. The molecule has 1 aliphatic rings. The molecule has 1 aliphatic carbocycles. The summed E-state index contributed by atoms with van der Waals surface area (Å²) < 4.78 is 1.52. The van der Waals surface area contributed by atoms with Crippen LogP contribution >= 0.6 is 11.6 Å². The summed E-state index contributed by atoms with van der Waals surface area (Å²) in [5.41, 5.74) is 1.42. The van der Waals surface area contributed by atoms with Crippen molar-refractivity contribution in [3.05, 3.63) is 53.3 Å². The first-order valence-electron chi connectivity index (χ1n) is 8.65. The molecule has 1 heterocycles. The quantitative estimate of drug-likeness (QED) is 0.764. The van der Waals surface area contributed by atoms with E-state index in [1.807, 2.05) is 12.1 Å². The molecule has 1 fully saturated rings. The van der Waals surface area contributed by atoms with Gasteiger partial charge >= 0.3 is 0 Å². The van der Waals surface area contributed by atoms with Gasteiger partial charge in [0.25, 0.3) is 0 Å². The van der Waals surface area contributed by atoms with E-state index < -0.39 is 0 Å². The predicted molar refractivity (Wildman–Crippen MR) is 102 cm³/mol. The molecule has 0 atom stereocenters. The second-order valence-electron chi connectivity index (χ2n) is 6.35. The summed E-state index contributed by atoms with van der Waals surface area (Å²) in [4.78, 5) is 24.0. The SMILES string of the molecule is O=C(/C=C/c1ccc(Cl)cc1)Nc1cnn(CC(=O)NC2CCCC2)c1. The molecule has 7 heteroatoms. The van der Waals surface area contributed by atoms with Gasteiger partial charge in [-0.1, -0.05) is 36.6 Å². The molecule has 0 spiro atoms. The Morgan fingerprint density at radius 2 is 1.96 bits per heavy atom. The first-order valence-corrected chi connectivity index (χ1v) is 9.03. The fourth-order valence-corrected chi connectivity index (χ4v) is 3.06. The van der Waals surface area contributed by atoms with E-state index in [-0.39, 0.29) is 24.4 Å². The van der Waals surface area contributed by atoms with E-state index in [4.69, 9.17) is 11.6 Å². The number of hydrogen-bond acceptors (Lipinski definition) is 3. The largest absolute Gasteiger partial charge is 0.352 e. The summed E-state index contributed by atoms with van der Waals surface area (Å²) in [5.74, 6) is -0.324. The molecule has 3 rings (SSSR count). The second kappa shape index (κ2) is 8.67. The van der Waals surface area contributed by atoms with E-state index in [1.165, 1.54) is 29.8 Å². The van der Waals surface area contributed by atoms with Gasteiger partial charge in [0.2, 0.25) is 11.8 Å². The van der Waals surface area contributed by atoms with E-state index in [0.717, 1.165) is 18.4 Å². The number of rotatable bonds is 6. The number of nitrogens with zero attached hydrogens (tertiary/aromatic N) is 2. The number of nitrogens with one attached hydrogen (secondary N) is 2. The maximum Gasteiger partial charge on any atom is 0.248 e. The van der Waals surface area contributed by atoms with Crippen LogP contribution in [0.15, 0.2) is 42.7 Å². The molecular weight excluding hydrogens is 352 g/mol. The molecule has 6 nitrogen and oxygen atoms in total. The summed E-state index contributed by atoms with van der Waals surface area (Å²) in [5, 5.41) is 10.5. The van der Waals surface area contributed by atoms with Crippen molar-refractivity contribution in [1.82, 2.24) is 15.1 Å². The molecule has 26 heavy (non-hydrogen) atoms. The molecule has 0 aliphatic heterocycles. The summed E-state index contributed by atoms with van der Waals surface area (Å²) >= 11 is 5.83. The fraction of sp³-hybridized carbons (Fsp3) is 0.316. The maximum atomic E-state index is 12.0. The average molecular weight is 373 g/mol. The van der Waals surface area contributed by atoms with Crippen LogP contribution in [0.25, 0.3) is 6.08 Å². The molecule has 2 amide bonds. The van der Waals surface area contributed by atoms with Gasteiger partial charge in [-0.25, -0.2) is 0 Å². The van der Waals surface area contributed by atoms with Crippen molar-refractivity contribution in [2.75, 3.05) is 5.32 Å². The molecule has 2 N–H and O–H groups in total. The number of amides is 2. The summed E-state index contributed by atoms with van der Waals surface area (Å²) in [7, 11) is 0. The molecule has 0 unspecified atom stereocenters. The molecule has 1 aromatic carbocycles. The van der Waals surface area contributed by atoms with Gasteiger partial charge in [0.1, 0.15) is 6.54 Å². The van der Waals surface area contributed by atoms with Gasteiger partial charge in [0.05, 0.1) is 11.9 Å². The summed E-state index contributed by atoms with van der Waals surface area (Å²) in [6.45, 7) is 0.146. The van der Waals surface area contributed by atoms with Crippen LogP contribution < -0.4 is 10.6 Å². The standard InChI is InChI=1S/C19H21ClN4O2/c20-15-8-5-14(6-9-15)7-10-18(25)23-17-11-21-24(12-17)13-19(26)22-16-3-1-2-4-16/h5-12,16H,1-4,13H2,(H,22,26)(H,23,25)/b10-7+. The van der Waals surface area contributed by atoms with Gasteiger partial charge in [-0.15, -0.1) is 0 Å². The zero-order valence-electron chi connectivity index (χ0n) is 14.3. The lowest BCUT2D eigenvalue weighted by atomic mass is 10.2. The lowest BCUT2D eigenvalue weighted by Crippen LogP contribution is -2.35. The molecule has 0 radical (unpaired) electrons. The molecule has 0 bridgehead atoms. The highest BCUT2D eigenvalue weighted by Crippen LogP contribution is 2.17. The van der Waals surface area contributed by atoms with Crippen molar-refractivity contribution in [3.63, 3.8) is 0 Å². The number of anilines is 1. The monoisotopic (exact) mass is 372 g/mol. The van der Waals surface area contributed by atoms with Crippen LogP contribution in [0.2, 0.25) is 5.02 Å². The van der Waals surface area contributed by atoms with Crippen LogP contribution in [0.4, 0.5) is 5.69 Å². The highest BCUT2D eigenvalue weighted by molar-refractivity contribution is 6.30. The van der Waals surface area contributed by atoms with Gasteiger partial charge in [-0.2, -0.15) is 5.10 Å². The van der Waals surface area contributed by atoms with E-state index in [2.05, 4.69) is 15.7 Å². The minimum atomic E-state index is -0.269. The summed E-state index contributed by atoms with van der Waals surface area (Å²) in [6.07, 6.45) is 10.7. The van der Waals surface area contributed by atoms with Crippen LogP contribution in [-0.2, 0) is 16.1 Å². The first-order chi connectivity index (χ1) is 12.6. The lowest BCUT2D eigenvalue weighted by molar-refractivity contribution is -0.122. The third-order valence-corrected chi connectivity index (χ3v) is 4.48. The van der Waals surface area contributed by atoms with Crippen molar-refractivity contribution in [1.29, 1.82) is 0 Å². The first kappa shape index (κ1) is 18.2. The number of carbonyl (C=O) groups excluding carboxylic acids is 2. The minimum absolute atomic E-state index is 0.0551. The van der Waals surface area contributed by atoms with Crippen molar-refractivity contribution in [2.45, 2.75) is 38.3 Å². The van der Waals surface area contributed by atoms with Gasteiger partial charge < -0.3 is 10.6 Å². The molecule has 1 aromatic heterocycles. The fourth-order valence-electron chi connectivity index (χ4n) is 2.93. The van der Waals surface area contributed by atoms with Gasteiger partial charge in [0.15, 0.2) is 0 Å². The summed E-state index contributed by atoms with van der Waals surface area (Å²) in [6, 6.07) is 7.47. The van der Waals surface area contributed by atoms with Crippen molar-refractivity contribution in [3.8, 4) is 0 Å². The zero-order valence-corrected chi connectivity index (χ0v) is 15.1. The molecule has 0 saturated heterocycles. The maximum absolute atomic E-state index is 12.0. The highest BCUT2D eigenvalue weighted by atomic mass is 35.5. The Morgan fingerprint density at radius 1 is 1.23 bits per heavy atom. The number of carbonyl (C=O) groups is 2. The average Bonchev–Trinajstić information content (AvgIpc) is 3.26. The molecule has 2 aromatic rings. The van der Waals surface area contributed by atoms with Crippen molar-refractivity contribution < 1.29 is 9.59 Å². The van der Waals surface area contributed by atoms with E-state index in [1.54, 1.807) is 24.4 Å². The van der Waals surface area contributed by atoms with Crippen LogP contribution in [0.3, 0.4) is 0 Å². The van der Waals surface area contributed by atoms with Crippen molar-refractivity contribution in [2.24, 2.45) is 0 Å². The van der Waals surface area contributed by atoms with Gasteiger partial charge in [-0.05, 0) is 36.6 Å². The van der Waals surface area contributed by atoms with Crippen LogP contribution in [0.1, 0.15) is 31.2 Å². The predicted octanol–water partition coefficient (Wildman–Crippen LogP) is 3.25. The Morgan fingerprint density at radius 3 is 2.69 bits per heavy atom. The zero-order chi connectivity index (χ0) is 18.4. The third kappa shape index (κ3) is 5.46.